The number of carbonyl (C=O) groups is 2. The van der Waals surface area contributed by atoms with E-state index in [1.165, 1.54) is 0 Å². The van der Waals surface area contributed by atoms with E-state index in [1.807, 2.05) is 47.4 Å². The lowest BCUT2D eigenvalue weighted by Crippen LogP contribution is -2.49. The molecule has 1 atom stereocenters. The molecule has 2 aromatic heterocycles. The molecule has 1 fully saturated rings. The molecule has 1 aliphatic rings. The Labute approximate surface area is 167 Å². The number of aromatic nitrogens is 2. The second-order valence-electron chi connectivity index (χ2n) is 7.07. The van der Waals surface area contributed by atoms with Crippen LogP contribution in [0.2, 0.25) is 0 Å². The monoisotopic (exact) mass is 394 g/mol. The fraction of sp³-hybridized carbons (Fsp3) is 0.286. The highest BCUT2D eigenvalue weighted by atomic mass is 16.4. The molecule has 0 saturated carbocycles. The number of anilines is 1. The van der Waals surface area contributed by atoms with Crippen LogP contribution in [-0.4, -0.2) is 62.8 Å². The number of para-hydroxylation sites is 1. The van der Waals surface area contributed by atoms with E-state index >= 15 is 0 Å². The van der Waals surface area contributed by atoms with Gasteiger partial charge in [0, 0.05) is 55.0 Å². The predicted octanol–water partition coefficient (Wildman–Crippen LogP) is 2.07. The van der Waals surface area contributed by atoms with Gasteiger partial charge in [-0.2, -0.15) is 0 Å². The zero-order chi connectivity index (χ0) is 20.4. The summed E-state index contributed by atoms with van der Waals surface area (Å²) in [5.41, 5.74) is 1.35. The Balaban J connectivity index is 1.62. The zero-order valence-corrected chi connectivity index (χ0v) is 15.8. The van der Waals surface area contributed by atoms with Crippen molar-refractivity contribution in [2.75, 3.05) is 31.1 Å². The molecule has 0 radical (unpaired) electrons. The average molecular weight is 394 g/mol. The van der Waals surface area contributed by atoms with Crippen LogP contribution in [0.25, 0.3) is 10.9 Å². The molecule has 29 heavy (non-hydrogen) atoms. The number of fused-ring (bicyclic) bond motifs is 1. The maximum absolute atomic E-state index is 12.2. The maximum Gasteiger partial charge on any atom is 0.325 e. The van der Waals surface area contributed by atoms with E-state index in [0.29, 0.717) is 31.7 Å². The minimum Gasteiger partial charge on any atom is -0.480 e. The Morgan fingerprint density at radius 2 is 1.72 bits per heavy atom. The van der Waals surface area contributed by atoms with E-state index in [2.05, 4.69) is 9.88 Å². The summed E-state index contributed by atoms with van der Waals surface area (Å²) in [4.78, 5) is 31.9. The van der Waals surface area contributed by atoms with E-state index in [4.69, 9.17) is 0 Å². The first-order valence-electron chi connectivity index (χ1n) is 9.47. The van der Waals surface area contributed by atoms with E-state index in [0.717, 1.165) is 16.7 Å². The number of hydrogen-bond donors (Lipinski definition) is 2. The van der Waals surface area contributed by atoms with Crippen LogP contribution in [-0.2, 0) is 16.1 Å². The van der Waals surface area contributed by atoms with Gasteiger partial charge in [0.15, 0.2) is 0 Å². The molecule has 0 amide bonds. The molecule has 3 heterocycles. The Kier molecular flexibility index (Phi) is 5.18. The lowest BCUT2D eigenvalue weighted by Gasteiger charge is -2.38. The van der Waals surface area contributed by atoms with Crippen molar-refractivity contribution in [3.63, 3.8) is 0 Å². The molecule has 2 N–H and O–H groups in total. The summed E-state index contributed by atoms with van der Waals surface area (Å²) in [5, 5.41) is 20.0. The minimum atomic E-state index is -0.965. The zero-order valence-electron chi connectivity index (χ0n) is 15.8. The maximum atomic E-state index is 12.2. The fourth-order valence-corrected chi connectivity index (χ4v) is 4.01. The van der Waals surface area contributed by atoms with E-state index in [9.17, 15) is 19.8 Å². The molecule has 0 spiro atoms. The first-order chi connectivity index (χ1) is 14.0. The molecular weight excluding hydrogens is 372 g/mol. The van der Waals surface area contributed by atoms with Gasteiger partial charge in [0.05, 0.1) is 0 Å². The molecule has 1 aromatic carbocycles. The first-order valence-corrected chi connectivity index (χ1v) is 9.47. The second kappa shape index (κ2) is 7.92. The van der Waals surface area contributed by atoms with Crippen molar-refractivity contribution in [3.05, 3.63) is 60.4 Å². The number of pyridine rings is 1. The molecule has 0 bridgehead atoms. The highest BCUT2D eigenvalue weighted by molar-refractivity contribution is 5.90. The number of carboxylic acid groups (broad SMARTS) is 2. The van der Waals surface area contributed by atoms with Gasteiger partial charge in [-0.3, -0.25) is 14.5 Å². The summed E-state index contributed by atoms with van der Waals surface area (Å²) in [6.07, 6.45) is 3.42. The third-order valence-corrected chi connectivity index (χ3v) is 5.31. The summed E-state index contributed by atoms with van der Waals surface area (Å²) in [6, 6.07) is 12.3. The highest BCUT2D eigenvalue weighted by Gasteiger charge is 2.33. The van der Waals surface area contributed by atoms with E-state index < -0.39 is 18.0 Å². The van der Waals surface area contributed by atoms with Crippen molar-refractivity contribution in [3.8, 4) is 0 Å². The normalized spacial score (nSPS) is 16.1. The van der Waals surface area contributed by atoms with Crippen LogP contribution in [0.5, 0.6) is 0 Å². The quantitative estimate of drug-likeness (QED) is 0.660. The average Bonchev–Trinajstić information content (AvgIpc) is 3.07. The molecule has 0 unspecified atom stereocenters. The van der Waals surface area contributed by atoms with Gasteiger partial charge in [-0.15, -0.1) is 0 Å². The number of hydrogen-bond acceptors (Lipinski definition) is 5. The molecule has 0 aliphatic carbocycles. The Morgan fingerprint density at radius 1 is 1.00 bits per heavy atom. The van der Waals surface area contributed by atoms with E-state index in [1.54, 1.807) is 17.0 Å². The third kappa shape index (κ3) is 3.79. The Bertz CT molecular complexity index is 1030. The molecule has 1 saturated heterocycles. The first kappa shape index (κ1) is 18.9. The summed E-state index contributed by atoms with van der Waals surface area (Å²) in [6.45, 7) is 2.29. The van der Waals surface area contributed by atoms with Crippen molar-refractivity contribution in [2.45, 2.75) is 12.6 Å². The van der Waals surface area contributed by atoms with Gasteiger partial charge >= 0.3 is 11.9 Å². The van der Waals surface area contributed by atoms with Crippen LogP contribution < -0.4 is 4.90 Å². The van der Waals surface area contributed by atoms with Gasteiger partial charge in [0.2, 0.25) is 0 Å². The van der Waals surface area contributed by atoms with Crippen LogP contribution in [0.1, 0.15) is 11.6 Å². The molecule has 8 nitrogen and oxygen atoms in total. The van der Waals surface area contributed by atoms with Gasteiger partial charge in [0.25, 0.3) is 0 Å². The second-order valence-corrected chi connectivity index (χ2v) is 7.07. The largest absolute Gasteiger partial charge is 0.480 e. The van der Waals surface area contributed by atoms with Gasteiger partial charge in [-0.05, 0) is 18.2 Å². The molecule has 150 valence electrons. The van der Waals surface area contributed by atoms with Gasteiger partial charge in [-0.1, -0.05) is 24.3 Å². The van der Waals surface area contributed by atoms with Crippen LogP contribution in [0.3, 0.4) is 0 Å². The highest BCUT2D eigenvalue weighted by Crippen LogP contribution is 2.31. The number of nitrogens with zero attached hydrogens (tertiary/aromatic N) is 4. The smallest absolute Gasteiger partial charge is 0.325 e. The molecule has 4 rings (SSSR count). The van der Waals surface area contributed by atoms with Crippen molar-refractivity contribution in [1.29, 1.82) is 0 Å². The number of piperazine rings is 1. The third-order valence-electron chi connectivity index (χ3n) is 5.31. The summed E-state index contributed by atoms with van der Waals surface area (Å²) in [5.74, 6) is -1.01. The van der Waals surface area contributed by atoms with Gasteiger partial charge in [-0.25, -0.2) is 4.98 Å². The Hall–Kier alpha value is -3.39. The summed E-state index contributed by atoms with van der Waals surface area (Å²) >= 11 is 0. The lowest BCUT2D eigenvalue weighted by molar-refractivity contribution is -0.143. The number of benzene rings is 1. The van der Waals surface area contributed by atoms with E-state index in [-0.39, 0.29) is 6.54 Å². The summed E-state index contributed by atoms with van der Waals surface area (Å²) < 4.78 is 1.60. The van der Waals surface area contributed by atoms with Crippen LogP contribution in [0, 0.1) is 0 Å². The van der Waals surface area contributed by atoms with Crippen LogP contribution in [0.15, 0.2) is 54.9 Å². The topological polar surface area (TPSA) is 98.9 Å². The number of aliphatic carboxylic acids is 2. The van der Waals surface area contributed by atoms with Crippen LogP contribution in [0.4, 0.5) is 5.82 Å². The summed E-state index contributed by atoms with van der Waals surface area (Å²) in [7, 11) is 0. The number of carboxylic acids is 2. The minimum absolute atomic E-state index is 0.208. The van der Waals surface area contributed by atoms with Gasteiger partial charge < -0.3 is 19.7 Å². The Morgan fingerprint density at radius 3 is 2.38 bits per heavy atom. The lowest BCUT2D eigenvalue weighted by atomic mass is 10.0. The molecule has 1 aliphatic heterocycles. The molecular formula is C21H22N4O4. The SMILES string of the molecule is O=C(O)Cn1cc([C@H](C(=O)O)N2CCN(c3ccccn3)CC2)c2ccccc21. The van der Waals surface area contributed by atoms with Crippen LogP contribution >= 0.6 is 0 Å². The fourth-order valence-electron chi connectivity index (χ4n) is 4.01. The van der Waals surface area contributed by atoms with Crippen molar-refractivity contribution >= 4 is 28.7 Å². The van der Waals surface area contributed by atoms with Gasteiger partial charge in [0.1, 0.15) is 18.4 Å². The van der Waals surface area contributed by atoms with Crippen molar-refractivity contribution in [1.82, 2.24) is 14.5 Å². The predicted molar refractivity (Wildman–Crippen MR) is 108 cm³/mol. The van der Waals surface area contributed by atoms with Crippen molar-refractivity contribution < 1.29 is 19.8 Å². The molecule has 8 heteroatoms. The standard InChI is InChI=1S/C21H22N4O4/c26-19(27)14-25-13-16(15-5-1-2-6-17(15)25)20(21(28)29)24-11-9-23(10-12-24)18-7-3-4-8-22-18/h1-8,13,20H,9-12,14H2,(H,26,27)(H,28,29)/t20-/m1/s1. The molecule has 3 aromatic rings. The number of rotatable bonds is 6. The van der Waals surface area contributed by atoms with Crippen molar-refractivity contribution in [2.24, 2.45) is 0 Å².